The minimum Gasteiger partial charge on any atom is -0.477 e. The van der Waals surface area contributed by atoms with Gasteiger partial charge in [0.05, 0.1) is 17.8 Å². The Labute approximate surface area is 105 Å². The maximum absolute atomic E-state index is 11.4. The molecular weight excluding hydrogens is 264 g/mol. The van der Waals surface area contributed by atoms with E-state index < -0.39 is 11.7 Å². The van der Waals surface area contributed by atoms with E-state index in [1.165, 1.54) is 17.0 Å². The molecule has 7 heteroatoms. The Hall–Kier alpha value is -1.66. The monoisotopic (exact) mass is 270 g/mol. The summed E-state index contributed by atoms with van der Waals surface area (Å²) in [6.45, 7) is 0.150. The predicted molar refractivity (Wildman–Crippen MR) is 63.9 cm³/mol. The van der Waals surface area contributed by atoms with Crippen molar-refractivity contribution < 1.29 is 9.90 Å². The van der Waals surface area contributed by atoms with Gasteiger partial charge in [0.1, 0.15) is 4.88 Å². The van der Waals surface area contributed by atoms with Crippen LogP contribution in [0.25, 0.3) is 0 Å². The van der Waals surface area contributed by atoms with E-state index in [9.17, 15) is 9.59 Å². The first-order chi connectivity index (χ1) is 8.08. The summed E-state index contributed by atoms with van der Waals surface area (Å²) in [5.74, 6) is -1.00. The number of aromatic nitrogens is 2. The number of rotatable bonds is 3. The van der Waals surface area contributed by atoms with Crippen molar-refractivity contribution >= 4 is 28.9 Å². The van der Waals surface area contributed by atoms with Gasteiger partial charge in [0, 0.05) is 6.20 Å². The van der Waals surface area contributed by atoms with Crippen LogP contribution in [-0.4, -0.2) is 20.6 Å². The minimum absolute atomic E-state index is 0.150. The molecule has 0 atom stereocenters. The maximum atomic E-state index is 11.4. The first kappa shape index (κ1) is 11.8. The summed E-state index contributed by atoms with van der Waals surface area (Å²) in [5.41, 5.74) is 0.102. The van der Waals surface area contributed by atoms with Crippen molar-refractivity contribution in [3.63, 3.8) is 0 Å². The zero-order valence-corrected chi connectivity index (χ0v) is 10.0. The highest BCUT2D eigenvalue weighted by Gasteiger charge is 2.12. The molecule has 0 fully saturated rings. The highest BCUT2D eigenvalue weighted by molar-refractivity contribution is 7.12. The molecule has 0 bridgehead atoms. The van der Waals surface area contributed by atoms with E-state index in [4.69, 9.17) is 16.7 Å². The van der Waals surface area contributed by atoms with Crippen molar-refractivity contribution in [2.24, 2.45) is 0 Å². The number of aromatic carboxylic acids is 1. The second-order valence-corrected chi connectivity index (χ2v) is 4.62. The number of carboxylic acid groups (broad SMARTS) is 1. The van der Waals surface area contributed by atoms with E-state index in [0.717, 1.165) is 11.3 Å². The second-order valence-electron chi connectivity index (χ2n) is 3.26. The Kier molecular flexibility index (Phi) is 3.26. The molecule has 2 rings (SSSR count). The molecular formula is C10H7ClN2O3S. The van der Waals surface area contributed by atoms with Crippen molar-refractivity contribution in [3.05, 3.63) is 49.8 Å². The number of halogens is 1. The summed E-state index contributed by atoms with van der Waals surface area (Å²) < 4.78 is 1.27. The molecule has 2 aromatic heterocycles. The smallest absolute Gasteiger partial charge is 0.347 e. The Morgan fingerprint density at radius 1 is 1.59 bits per heavy atom. The van der Waals surface area contributed by atoms with Crippen LogP contribution in [0.1, 0.15) is 15.2 Å². The second kappa shape index (κ2) is 4.68. The molecule has 0 aliphatic heterocycles. The molecule has 0 aliphatic rings. The SMILES string of the molecule is O=C(O)c1sccc1Cn1cc(Cl)cnc1=O. The molecule has 0 unspecified atom stereocenters. The molecule has 0 spiro atoms. The molecule has 2 heterocycles. The van der Waals surface area contributed by atoms with E-state index in [2.05, 4.69) is 4.98 Å². The minimum atomic E-state index is -1.00. The van der Waals surface area contributed by atoms with Gasteiger partial charge in [-0.2, -0.15) is 0 Å². The molecule has 0 amide bonds. The molecule has 0 aromatic carbocycles. The number of thiophene rings is 1. The topological polar surface area (TPSA) is 72.2 Å². The van der Waals surface area contributed by atoms with Gasteiger partial charge >= 0.3 is 11.7 Å². The van der Waals surface area contributed by atoms with Gasteiger partial charge in [-0.15, -0.1) is 11.3 Å². The lowest BCUT2D eigenvalue weighted by atomic mass is 10.2. The molecule has 1 N–H and O–H groups in total. The number of nitrogens with zero attached hydrogens (tertiary/aromatic N) is 2. The van der Waals surface area contributed by atoms with Crippen molar-refractivity contribution in [2.75, 3.05) is 0 Å². The molecule has 2 aromatic rings. The summed E-state index contributed by atoms with van der Waals surface area (Å²) in [4.78, 5) is 26.1. The van der Waals surface area contributed by atoms with Gasteiger partial charge in [0.25, 0.3) is 0 Å². The van der Waals surface area contributed by atoms with Crippen molar-refractivity contribution in [1.82, 2.24) is 9.55 Å². The van der Waals surface area contributed by atoms with Crippen LogP contribution in [0.3, 0.4) is 0 Å². The highest BCUT2D eigenvalue weighted by atomic mass is 35.5. The van der Waals surface area contributed by atoms with Crippen molar-refractivity contribution in [2.45, 2.75) is 6.54 Å². The van der Waals surface area contributed by atoms with Gasteiger partial charge in [0.2, 0.25) is 0 Å². The van der Waals surface area contributed by atoms with Crippen LogP contribution in [0.2, 0.25) is 5.02 Å². The first-order valence-corrected chi connectivity index (χ1v) is 5.85. The fraction of sp³-hybridized carbons (Fsp3) is 0.100. The third kappa shape index (κ3) is 2.54. The summed E-state index contributed by atoms with van der Waals surface area (Å²) >= 11 is 6.84. The molecule has 0 saturated carbocycles. The number of carboxylic acids is 1. The summed E-state index contributed by atoms with van der Waals surface area (Å²) in [6.07, 6.45) is 2.69. The summed E-state index contributed by atoms with van der Waals surface area (Å²) in [5, 5.41) is 10.9. The molecule has 0 aliphatic carbocycles. The maximum Gasteiger partial charge on any atom is 0.347 e. The summed E-state index contributed by atoms with van der Waals surface area (Å²) in [6, 6.07) is 1.67. The van der Waals surface area contributed by atoms with E-state index in [1.807, 2.05) is 0 Å². The molecule has 17 heavy (non-hydrogen) atoms. The average Bonchev–Trinajstić information content (AvgIpc) is 2.71. The van der Waals surface area contributed by atoms with Gasteiger partial charge in [-0.05, 0) is 17.0 Å². The van der Waals surface area contributed by atoms with Gasteiger partial charge in [-0.3, -0.25) is 4.57 Å². The van der Waals surface area contributed by atoms with Crippen LogP contribution in [0.15, 0.2) is 28.6 Å². The van der Waals surface area contributed by atoms with Gasteiger partial charge in [-0.1, -0.05) is 11.6 Å². The standard InChI is InChI=1S/C10H7ClN2O3S/c11-7-3-12-10(16)13(5-7)4-6-1-2-17-8(6)9(14)15/h1-3,5H,4H2,(H,14,15). The highest BCUT2D eigenvalue weighted by Crippen LogP contribution is 2.17. The van der Waals surface area contributed by atoms with Gasteiger partial charge in [0.15, 0.2) is 0 Å². The fourth-order valence-electron chi connectivity index (χ4n) is 1.37. The average molecular weight is 271 g/mol. The van der Waals surface area contributed by atoms with E-state index in [0.29, 0.717) is 10.6 Å². The van der Waals surface area contributed by atoms with Crippen LogP contribution in [0.4, 0.5) is 0 Å². The quantitative estimate of drug-likeness (QED) is 0.921. The lowest BCUT2D eigenvalue weighted by Crippen LogP contribution is -2.22. The molecule has 0 radical (unpaired) electrons. The fourth-order valence-corrected chi connectivity index (χ4v) is 2.29. The number of hydrogen-bond acceptors (Lipinski definition) is 4. The van der Waals surface area contributed by atoms with E-state index in [1.54, 1.807) is 11.4 Å². The van der Waals surface area contributed by atoms with Crippen LogP contribution < -0.4 is 5.69 Å². The zero-order valence-electron chi connectivity index (χ0n) is 8.46. The predicted octanol–water partition coefficient (Wildman–Crippen LogP) is 1.70. The van der Waals surface area contributed by atoms with Crippen molar-refractivity contribution in [1.29, 1.82) is 0 Å². The van der Waals surface area contributed by atoms with Gasteiger partial charge in [-0.25, -0.2) is 14.6 Å². The van der Waals surface area contributed by atoms with Crippen LogP contribution in [-0.2, 0) is 6.54 Å². The van der Waals surface area contributed by atoms with Crippen LogP contribution >= 0.6 is 22.9 Å². The van der Waals surface area contributed by atoms with Gasteiger partial charge < -0.3 is 5.11 Å². The van der Waals surface area contributed by atoms with E-state index >= 15 is 0 Å². The van der Waals surface area contributed by atoms with Crippen molar-refractivity contribution in [3.8, 4) is 0 Å². The third-order valence-electron chi connectivity index (χ3n) is 2.10. The Bertz CT molecular complexity index is 620. The Morgan fingerprint density at radius 2 is 2.35 bits per heavy atom. The summed E-state index contributed by atoms with van der Waals surface area (Å²) in [7, 11) is 0. The lowest BCUT2D eigenvalue weighted by Gasteiger charge is -2.04. The third-order valence-corrected chi connectivity index (χ3v) is 3.24. The normalized spacial score (nSPS) is 10.4. The number of carbonyl (C=O) groups is 1. The van der Waals surface area contributed by atoms with E-state index in [-0.39, 0.29) is 11.4 Å². The first-order valence-electron chi connectivity index (χ1n) is 4.59. The Morgan fingerprint density at radius 3 is 3.06 bits per heavy atom. The molecule has 88 valence electrons. The molecule has 5 nitrogen and oxygen atoms in total. The largest absolute Gasteiger partial charge is 0.477 e. The zero-order chi connectivity index (χ0) is 12.4. The molecule has 0 saturated heterocycles. The lowest BCUT2D eigenvalue weighted by molar-refractivity contribution is 0.0701. The van der Waals surface area contributed by atoms with Crippen LogP contribution in [0.5, 0.6) is 0 Å². The Balaban J connectivity index is 2.38. The van der Waals surface area contributed by atoms with Crippen LogP contribution in [0, 0.1) is 0 Å². The number of hydrogen-bond donors (Lipinski definition) is 1.